The third-order valence-electron chi connectivity index (χ3n) is 7.57. The number of alkyl halides is 2. The molecule has 2 aliphatic carbocycles. The van der Waals surface area contributed by atoms with Crippen LogP contribution in [0.1, 0.15) is 60.0 Å². The monoisotopic (exact) mass is 620 g/mol. The Morgan fingerprint density at radius 2 is 1.86 bits per heavy atom. The Morgan fingerprint density at radius 3 is 2.52 bits per heavy atom. The number of hydrogen-bond acceptors (Lipinski definition) is 6. The quantitative estimate of drug-likeness (QED) is 0.225. The van der Waals surface area contributed by atoms with Crippen LogP contribution in [-0.2, 0) is 9.73 Å². The van der Waals surface area contributed by atoms with Gasteiger partial charge in [-0.15, -0.1) is 0 Å². The molecule has 4 aromatic rings. The molecule has 2 fully saturated rings. The van der Waals surface area contributed by atoms with Crippen molar-refractivity contribution in [3.63, 3.8) is 0 Å². The van der Waals surface area contributed by atoms with Gasteiger partial charge in [0.2, 0.25) is 0 Å². The molecule has 4 heterocycles. The number of pyridine rings is 3. The summed E-state index contributed by atoms with van der Waals surface area (Å²) in [5.41, 5.74) is 0.309. The SMILES string of the molecule is Cc1cnc(-c2ccnc([S@@](C)(=O)=NC3CC3)c2F)c(F)c1-n1c(C)cc([C@H]2C[C@@H]2c2cnn(C(F)F)c2)c(Cl)c1=O. The molecule has 4 aromatic heterocycles. The second-order valence-corrected chi connectivity index (χ2v) is 13.3. The number of nitrogens with zero attached hydrogens (tertiary/aromatic N) is 6. The Balaban J connectivity index is 1.41. The summed E-state index contributed by atoms with van der Waals surface area (Å²) in [6, 6.07) is 2.78. The van der Waals surface area contributed by atoms with Gasteiger partial charge in [-0.1, -0.05) is 11.6 Å². The van der Waals surface area contributed by atoms with Crippen molar-refractivity contribution in [1.82, 2.24) is 24.3 Å². The van der Waals surface area contributed by atoms with E-state index in [-0.39, 0.29) is 44.9 Å². The normalized spacial score (nSPS) is 19.6. The van der Waals surface area contributed by atoms with Crippen molar-refractivity contribution in [3.05, 3.63) is 86.3 Å². The molecule has 42 heavy (non-hydrogen) atoms. The molecule has 0 unspecified atom stereocenters. The number of aromatic nitrogens is 5. The maximum atomic E-state index is 16.2. The standard InChI is InChI=1S/C28H25ClF4N6O2S/c1-13-10-35-24(17-6-7-34-26(22(17)30)42(3,41)37-16-4-5-16)23(31)25(13)39-14(2)8-20(21(29)27(39)40)19-9-18(19)15-11-36-38(12-15)28(32)33/h6-8,10-12,16,18-19,28H,4-5,9H2,1-3H3/t18-,19+,42-/m1/s1. The van der Waals surface area contributed by atoms with Gasteiger partial charge in [0, 0.05) is 36.1 Å². The Morgan fingerprint density at radius 1 is 1.12 bits per heavy atom. The van der Waals surface area contributed by atoms with E-state index >= 15 is 8.78 Å². The maximum Gasteiger partial charge on any atom is 0.333 e. The lowest BCUT2D eigenvalue weighted by Crippen LogP contribution is -2.24. The predicted octanol–water partition coefficient (Wildman–Crippen LogP) is 6.32. The van der Waals surface area contributed by atoms with Crippen LogP contribution in [0, 0.1) is 25.5 Å². The molecule has 14 heteroatoms. The van der Waals surface area contributed by atoms with Crippen LogP contribution in [-0.4, -0.2) is 40.8 Å². The van der Waals surface area contributed by atoms with E-state index in [2.05, 4.69) is 19.4 Å². The molecule has 2 saturated carbocycles. The first-order chi connectivity index (χ1) is 19.9. The molecular weight excluding hydrogens is 596 g/mol. The zero-order valence-electron chi connectivity index (χ0n) is 22.7. The molecule has 0 radical (unpaired) electrons. The minimum atomic E-state index is -3.17. The zero-order valence-corrected chi connectivity index (χ0v) is 24.3. The first-order valence-corrected chi connectivity index (χ1v) is 15.4. The van der Waals surface area contributed by atoms with Crippen LogP contribution in [0.3, 0.4) is 0 Å². The fraction of sp³-hybridized carbons (Fsp3) is 0.357. The van der Waals surface area contributed by atoms with Crippen molar-refractivity contribution < 1.29 is 21.8 Å². The first kappa shape index (κ1) is 28.5. The summed E-state index contributed by atoms with van der Waals surface area (Å²) in [6.45, 7) is 0.413. The highest BCUT2D eigenvalue weighted by Gasteiger charge is 2.42. The van der Waals surface area contributed by atoms with Gasteiger partial charge in [-0.05, 0) is 73.8 Å². The van der Waals surface area contributed by atoms with E-state index in [0.29, 0.717) is 33.5 Å². The Bertz CT molecular complexity index is 1930. The van der Waals surface area contributed by atoms with Crippen molar-refractivity contribution in [2.24, 2.45) is 4.36 Å². The van der Waals surface area contributed by atoms with Crippen molar-refractivity contribution in [3.8, 4) is 16.9 Å². The van der Waals surface area contributed by atoms with Crippen LogP contribution >= 0.6 is 11.6 Å². The van der Waals surface area contributed by atoms with Crippen LogP contribution in [0.5, 0.6) is 0 Å². The molecule has 2 aliphatic rings. The largest absolute Gasteiger partial charge is 0.333 e. The Hall–Kier alpha value is -3.58. The van der Waals surface area contributed by atoms with Gasteiger partial charge in [0.25, 0.3) is 5.56 Å². The number of rotatable bonds is 7. The van der Waals surface area contributed by atoms with Crippen LogP contribution < -0.4 is 5.56 Å². The highest BCUT2D eigenvalue weighted by atomic mass is 35.5. The number of halogens is 5. The smallest absolute Gasteiger partial charge is 0.277 e. The third-order valence-corrected chi connectivity index (χ3v) is 9.65. The molecule has 0 N–H and O–H groups in total. The summed E-state index contributed by atoms with van der Waals surface area (Å²) in [7, 11) is -3.17. The van der Waals surface area contributed by atoms with E-state index in [4.69, 9.17) is 11.6 Å². The summed E-state index contributed by atoms with van der Waals surface area (Å²) in [5.74, 6) is -2.30. The highest BCUT2D eigenvalue weighted by Crippen LogP contribution is 2.56. The molecule has 0 aliphatic heterocycles. The molecule has 0 saturated heterocycles. The zero-order chi connectivity index (χ0) is 30.1. The lowest BCUT2D eigenvalue weighted by molar-refractivity contribution is 0.0565. The van der Waals surface area contributed by atoms with Crippen molar-refractivity contribution >= 4 is 21.3 Å². The molecule has 8 nitrogen and oxygen atoms in total. The lowest BCUT2D eigenvalue weighted by atomic mass is 10.1. The molecule has 0 amide bonds. The van der Waals surface area contributed by atoms with E-state index in [0.717, 1.165) is 17.4 Å². The third kappa shape index (κ3) is 4.91. The molecule has 0 spiro atoms. The van der Waals surface area contributed by atoms with E-state index < -0.39 is 33.5 Å². The van der Waals surface area contributed by atoms with Gasteiger partial charge >= 0.3 is 6.55 Å². The van der Waals surface area contributed by atoms with Crippen molar-refractivity contribution in [2.45, 2.75) is 62.6 Å². The Kier molecular flexibility index (Phi) is 7.00. The minimum absolute atomic E-state index is 0.114. The number of aryl methyl sites for hydroxylation is 2. The minimum Gasteiger partial charge on any atom is -0.277 e. The molecule has 0 bridgehead atoms. The van der Waals surface area contributed by atoms with E-state index in [1.807, 2.05) is 0 Å². The summed E-state index contributed by atoms with van der Waals surface area (Å²) in [5, 5.41) is 3.17. The molecule has 6 rings (SSSR count). The van der Waals surface area contributed by atoms with Gasteiger partial charge in [0.05, 0.1) is 27.7 Å². The van der Waals surface area contributed by atoms with Crippen LogP contribution in [0.4, 0.5) is 17.6 Å². The molecule has 0 aromatic carbocycles. The fourth-order valence-electron chi connectivity index (χ4n) is 5.25. The van der Waals surface area contributed by atoms with E-state index in [1.165, 1.54) is 37.1 Å². The van der Waals surface area contributed by atoms with Crippen molar-refractivity contribution in [2.75, 3.05) is 6.26 Å². The van der Waals surface area contributed by atoms with Crippen molar-refractivity contribution in [1.29, 1.82) is 0 Å². The summed E-state index contributed by atoms with van der Waals surface area (Å²) >= 11 is 6.54. The van der Waals surface area contributed by atoms with Crippen LogP contribution in [0.15, 0.2) is 51.1 Å². The summed E-state index contributed by atoms with van der Waals surface area (Å²) < 4.78 is 76.9. The van der Waals surface area contributed by atoms with Gasteiger partial charge in [0.1, 0.15) is 10.7 Å². The van der Waals surface area contributed by atoms with Crippen LogP contribution in [0.2, 0.25) is 5.02 Å². The highest BCUT2D eigenvalue weighted by molar-refractivity contribution is 7.92. The molecule has 3 atom stereocenters. The summed E-state index contributed by atoms with van der Waals surface area (Å²) in [4.78, 5) is 21.6. The second kappa shape index (κ2) is 10.3. The van der Waals surface area contributed by atoms with E-state index in [1.54, 1.807) is 19.9 Å². The molecular formula is C28H25ClF4N6O2S. The predicted molar refractivity (Wildman–Crippen MR) is 149 cm³/mol. The maximum absolute atomic E-state index is 16.2. The van der Waals surface area contributed by atoms with E-state index in [9.17, 15) is 17.8 Å². The summed E-state index contributed by atoms with van der Waals surface area (Å²) in [6.07, 6.45) is 8.60. The van der Waals surface area contributed by atoms with Gasteiger partial charge in [-0.2, -0.15) is 13.9 Å². The van der Waals surface area contributed by atoms with Gasteiger partial charge < -0.3 is 0 Å². The topological polar surface area (TPSA) is 95.0 Å². The lowest BCUT2D eigenvalue weighted by Gasteiger charge is -2.18. The average Bonchev–Trinajstić information content (AvgIpc) is 3.86. The number of hydrogen-bond donors (Lipinski definition) is 0. The second-order valence-electron chi connectivity index (χ2n) is 10.7. The van der Waals surface area contributed by atoms with Gasteiger partial charge in [0.15, 0.2) is 16.7 Å². The fourth-order valence-corrected chi connectivity index (χ4v) is 7.11. The Labute approximate surface area is 243 Å². The van der Waals surface area contributed by atoms with Gasteiger partial charge in [-0.25, -0.2) is 27.0 Å². The average molecular weight is 621 g/mol. The van der Waals surface area contributed by atoms with Gasteiger partial charge in [-0.3, -0.25) is 14.3 Å². The van der Waals surface area contributed by atoms with Crippen LogP contribution in [0.25, 0.3) is 16.9 Å². The molecule has 220 valence electrons. The first-order valence-electron chi connectivity index (χ1n) is 13.1.